The molecule has 1 aliphatic heterocycles. The van der Waals surface area contributed by atoms with Gasteiger partial charge in [0.05, 0.1) is 0 Å². The van der Waals surface area contributed by atoms with Gasteiger partial charge in [0.15, 0.2) is 5.82 Å². The number of rotatable bonds is 7. The third kappa shape index (κ3) is 4.79. The van der Waals surface area contributed by atoms with Crippen LogP contribution in [0.25, 0.3) is 11.6 Å². The van der Waals surface area contributed by atoms with Gasteiger partial charge in [-0.15, -0.1) is 0 Å². The predicted octanol–water partition coefficient (Wildman–Crippen LogP) is 2.29. The maximum absolute atomic E-state index is 12.7. The maximum atomic E-state index is 12.7. The summed E-state index contributed by atoms with van der Waals surface area (Å²) in [5.74, 6) is 1.19. The molecule has 0 saturated carbocycles. The first-order valence-corrected chi connectivity index (χ1v) is 9.92. The van der Waals surface area contributed by atoms with Crippen LogP contribution in [-0.4, -0.2) is 50.5 Å². The Morgan fingerprint density at radius 2 is 2.23 bits per heavy atom. The molecule has 12 heteroatoms. The number of urea groups is 2. The normalized spacial score (nSPS) is 14.5. The van der Waals surface area contributed by atoms with E-state index in [9.17, 15) is 9.59 Å². The Balaban J connectivity index is 1.45. The van der Waals surface area contributed by atoms with Gasteiger partial charge in [0.25, 0.3) is 0 Å². The van der Waals surface area contributed by atoms with E-state index in [-0.39, 0.29) is 23.7 Å². The minimum absolute atomic E-state index is 0.155. The Morgan fingerprint density at radius 1 is 1.35 bits per heavy atom. The fourth-order valence-corrected chi connectivity index (χ4v) is 3.27. The van der Waals surface area contributed by atoms with Gasteiger partial charge in [0.1, 0.15) is 12.4 Å². The van der Waals surface area contributed by atoms with Crippen LogP contribution in [-0.2, 0) is 0 Å². The molecule has 31 heavy (non-hydrogen) atoms. The molecule has 0 unspecified atom stereocenters. The topological polar surface area (TPSA) is 154 Å². The number of carbonyl (C=O) groups excluding carboxylic acids is 2. The van der Waals surface area contributed by atoms with Crippen LogP contribution in [0.15, 0.2) is 35.1 Å². The van der Waals surface area contributed by atoms with Gasteiger partial charge in [0, 0.05) is 24.5 Å². The first-order chi connectivity index (χ1) is 15.0. The Labute approximate surface area is 177 Å². The second-order valence-corrected chi connectivity index (χ2v) is 7.50. The van der Waals surface area contributed by atoms with Crippen molar-refractivity contribution in [3.8, 4) is 11.6 Å². The number of nitrogens with zero attached hydrogens (tertiary/aromatic N) is 5. The summed E-state index contributed by atoms with van der Waals surface area (Å²) in [6.45, 7) is 5.24. The van der Waals surface area contributed by atoms with Crippen molar-refractivity contribution in [1.29, 1.82) is 0 Å². The van der Waals surface area contributed by atoms with E-state index in [2.05, 4.69) is 41.3 Å². The first kappa shape index (κ1) is 20.3. The molecular weight excluding hydrogens is 402 g/mol. The molecule has 4 rings (SSSR count). The van der Waals surface area contributed by atoms with Crippen LogP contribution < -0.4 is 20.9 Å². The molecule has 162 valence electrons. The number of amides is 4. The smallest absolute Gasteiger partial charge is 0.321 e. The van der Waals surface area contributed by atoms with Crippen LogP contribution in [0.2, 0.25) is 0 Å². The fraction of sp³-hybridized carbons (Fsp3) is 0.368. The molecule has 0 aliphatic carbocycles. The number of aromatic amines is 1. The largest absolute Gasteiger partial charge is 0.337 e. The summed E-state index contributed by atoms with van der Waals surface area (Å²) < 4.78 is 5.36. The van der Waals surface area contributed by atoms with Crippen LogP contribution in [0.5, 0.6) is 0 Å². The number of anilines is 2. The van der Waals surface area contributed by atoms with Crippen molar-refractivity contribution in [3.63, 3.8) is 0 Å². The van der Waals surface area contributed by atoms with E-state index in [4.69, 9.17) is 4.52 Å². The Kier molecular flexibility index (Phi) is 5.78. The highest BCUT2D eigenvalue weighted by Gasteiger charge is 2.24. The van der Waals surface area contributed by atoms with E-state index < -0.39 is 12.1 Å². The summed E-state index contributed by atoms with van der Waals surface area (Å²) in [6, 6.07) is 6.03. The number of aromatic nitrogens is 5. The summed E-state index contributed by atoms with van der Waals surface area (Å²) in [5.41, 5.74) is 1.27. The summed E-state index contributed by atoms with van der Waals surface area (Å²) in [5, 5.41) is 18.8. The second kappa shape index (κ2) is 8.81. The molecule has 1 saturated heterocycles. The summed E-state index contributed by atoms with van der Waals surface area (Å²) in [6.07, 6.45) is 1.95. The Bertz CT molecular complexity index is 1050. The molecule has 1 aliphatic rings. The molecule has 0 spiro atoms. The SMILES string of the molecule is CC(C)C[C@H](NC(=O)Nc1cccc(N2CCNC2=O)c1)c1nc(-c2ncn[nH]2)no1. The highest BCUT2D eigenvalue weighted by atomic mass is 16.5. The van der Waals surface area contributed by atoms with Gasteiger partial charge in [-0.1, -0.05) is 25.1 Å². The number of H-pyrrole nitrogens is 1. The van der Waals surface area contributed by atoms with Crippen molar-refractivity contribution in [2.75, 3.05) is 23.3 Å². The van der Waals surface area contributed by atoms with Crippen molar-refractivity contribution in [3.05, 3.63) is 36.5 Å². The van der Waals surface area contributed by atoms with Gasteiger partial charge < -0.3 is 20.5 Å². The Hall–Kier alpha value is -3.96. The maximum Gasteiger partial charge on any atom is 0.321 e. The molecule has 12 nitrogen and oxygen atoms in total. The van der Waals surface area contributed by atoms with Crippen molar-refractivity contribution in [2.24, 2.45) is 5.92 Å². The van der Waals surface area contributed by atoms with Crippen molar-refractivity contribution >= 4 is 23.4 Å². The molecule has 0 radical (unpaired) electrons. The van der Waals surface area contributed by atoms with E-state index in [1.54, 1.807) is 23.1 Å². The number of nitrogens with one attached hydrogen (secondary N) is 4. The molecule has 1 atom stereocenters. The van der Waals surface area contributed by atoms with Gasteiger partial charge in [-0.3, -0.25) is 10.00 Å². The molecule has 0 bridgehead atoms. The molecule has 1 fully saturated rings. The van der Waals surface area contributed by atoms with Gasteiger partial charge >= 0.3 is 12.1 Å². The highest BCUT2D eigenvalue weighted by Crippen LogP contribution is 2.23. The average Bonchev–Trinajstić information content (AvgIpc) is 3.48. The fourth-order valence-electron chi connectivity index (χ4n) is 3.27. The molecule has 3 aromatic rings. The predicted molar refractivity (Wildman–Crippen MR) is 111 cm³/mol. The zero-order valence-electron chi connectivity index (χ0n) is 17.1. The van der Waals surface area contributed by atoms with E-state index in [0.717, 1.165) is 0 Å². The van der Waals surface area contributed by atoms with Crippen LogP contribution >= 0.6 is 0 Å². The average molecular weight is 425 g/mol. The van der Waals surface area contributed by atoms with Gasteiger partial charge in [-0.05, 0) is 30.5 Å². The molecule has 4 amide bonds. The van der Waals surface area contributed by atoms with Crippen LogP contribution in [0, 0.1) is 5.92 Å². The number of hydrogen-bond donors (Lipinski definition) is 4. The number of hydrogen-bond acceptors (Lipinski definition) is 7. The monoisotopic (exact) mass is 425 g/mol. The van der Waals surface area contributed by atoms with Gasteiger partial charge in [-0.25, -0.2) is 14.6 Å². The lowest BCUT2D eigenvalue weighted by molar-refractivity contribution is 0.240. The molecule has 2 aromatic heterocycles. The van der Waals surface area contributed by atoms with Crippen LogP contribution in [0.4, 0.5) is 21.0 Å². The third-order valence-electron chi connectivity index (χ3n) is 4.65. The van der Waals surface area contributed by atoms with Crippen molar-refractivity contribution in [2.45, 2.75) is 26.3 Å². The Morgan fingerprint density at radius 3 is 2.94 bits per heavy atom. The molecule has 4 N–H and O–H groups in total. The third-order valence-corrected chi connectivity index (χ3v) is 4.65. The molecule has 1 aromatic carbocycles. The quantitative estimate of drug-likeness (QED) is 0.453. The number of benzene rings is 1. The van der Waals surface area contributed by atoms with Crippen molar-refractivity contribution < 1.29 is 14.1 Å². The lowest BCUT2D eigenvalue weighted by Gasteiger charge is -2.18. The lowest BCUT2D eigenvalue weighted by atomic mass is 10.0. The summed E-state index contributed by atoms with van der Waals surface area (Å²) in [4.78, 5) is 34.5. The zero-order valence-corrected chi connectivity index (χ0v) is 17.1. The lowest BCUT2D eigenvalue weighted by Crippen LogP contribution is -2.33. The van der Waals surface area contributed by atoms with Gasteiger partial charge in [0.2, 0.25) is 11.7 Å². The first-order valence-electron chi connectivity index (χ1n) is 9.92. The van der Waals surface area contributed by atoms with E-state index >= 15 is 0 Å². The molecular formula is C19H23N9O3. The van der Waals surface area contributed by atoms with Crippen LogP contribution in [0.3, 0.4) is 0 Å². The number of carbonyl (C=O) groups is 2. The van der Waals surface area contributed by atoms with Gasteiger partial charge in [-0.2, -0.15) is 10.1 Å². The minimum Gasteiger partial charge on any atom is -0.337 e. The summed E-state index contributed by atoms with van der Waals surface area (Å²) >= 11 is 0. The molecule has 3 heterocycles. The van der Waals surface area contributed by atoms with E-state index in [0.29, 0.717) is 36.7 Å². The van der Waals surface area contributed by atoms with Crippen LogP contribution in [0.1, 0.15) is 32.2 Å². The second-order valence-electron chi connectivity index (χ2n) is 7.50. The van der Waals surface area contributed by atoms with E-state index in [1.807, 2.05) is 19.9 Å². The highest BCUT2D eigenvalue weighted by molar-refractivity contribution is 5.95. The summed E-state index contributed by atoms with van der Waals surface area (Å²) in [7, 11) is 0. The minimum atomic E-state index is -0.489. The van der Waals surface area contributed by atoms with E-state index in [1.165, 1.54) is 6.33 Å². The standard InChI is InChI=1S/C19H23N9O3/c1-11(2)8-14(17-25-16(27-31-17)15-21-10-22-26-15)24-18(29)23-12-4-3-5-13(9-12)28-7-6-20-19(28)30/h3-5,9-11,14H,6-8H2,1-2H3,(H,20,30)(H,21,22,26)(H2,23,24,29)/t14-/m0/s1. The zero-order chi connectivity index (χ0) is 21.8. The van der Waals surface area contributed by atoms with Crippen molar-refractivity contribution in [1.82, 2.24) is 36.0 Å².